The molecule has 2 aromatic rings. The Labute approximate surface area is 86.9 Å². The van der Waals surface area contributed by atoms with Gasteiger partial charge in [0.2, 0.25) is 0 Å². The van der Waals surface area contributed by atoms with E-state index in [1.807, 2.05) is 16.7 Å². The van der Waals surface area contributed by atoms with Crippen molar-refractivity contribution < 1.29 is 4.42 Å². The van der Waals surface area contributed by atoms with Gasteiger partial charge in [-0.15, -0.1) is 0 Å². The molecule has 0 aliphatic heterocycles. The SMILES string of the molecule is NCc1ccc(Cn2ccc(=O)cc2)o1. The first-order valence-corrected chi connectivity index (χ1v) is 4.72. The minimum Gasteiger partial charge on any atom is -0.463 e. The lowest BCUT2D eigenvalue weighted by Gasteiger charge is -2.02. The zero-order chi connectivity index (χ0) is 10.7. The molecule has 2 N–H and O–H groups in total. The standard InChI is InChI=1S/C11H12N2O2/c12-7-10-1-2-11(15-10)8-13-5-3-9(14)4-6-13/h1-6H,7-8,12H2. The van der Waals surface area contributed by atoms with Crippen LogP contribution in [0.2, 0.25) is 0 Å². The third kappa shape index (κ3) is 2.35. The van der Waals surface area contributed by atoms with Crippen LogP contribution in [0.1, 0.15) is 11.5 Å². The van der Waals surface area contributed by atoms with Crippen molar-refractivity contribution >= 4 is 0 Å². The van der Waals surface area contributed by atoms with Crippen LogP contribution in [0.4, 0.5) is 0 Å². The van der Waals surface area contributed by atoms with E-state index < -0.39 is 0 Å². The van der Waals surface area contributed by atoms with E-state index >= 15 is 0 Å². The van der Waals surface area contributed by atoms with Crippen LogP contribution in [0.3, 0.4) is 0 Å². The highest BCUT2D eigenvalue weighted by Gasteiger charge is 2.00. The lowest BCUT2D eigenvalue weighted by Crippen LogP contribution is -2.04. The Morgan fingerprint density at radius 3 is 2.40 bits per heavy atom. The Kier molecular flexibility index (Phi) is 2.69. The minimum absolute atomic E-state index is 0.00772. The van der Waals surface area contributed by atoms with Crippen molar-refractivity contribution in [1.82, 2.24) is 4.57 Å². The van der Waals surface area contributed by atoms with Crippen molar-refractivity contribution in [3.8, 4) is 0 Å². The second-order valence-electron chi connectivity index (χ2n) is 3.28. The van der Waals surface area contributed by atoms with Crippen molar-refractivity contribution in [1.29, 1.82) is 0 Å². The molecule has 0 radical (unpaired) electrons. The zero-order valence-electron chi connectivity index (χ0n) is 8.22. The van der Waals surface area contributed by atoms with Crippen LogP contribution in [0, 0.1) is 0 Å². The molecule has 0 spiro atoms. The number of nitrogens with two attached hydrogens (primary N) is 1. The lowest BCUT2D eigenvalue weighted by atomic mass is 10.4. The normalized spacial score (nSPS) is 10.5. The van der Waals surface area contributed by atoms with Gasteiger partial charge in [0.25, 0.3) is 0 Å². The summed E-state index contributed by atoms with van der Waals surface area (Å²) in [6.45, 7) is 1.02. The van der Waals surface area contributed by atoms with Crippen LogP contribution in [0.25, 0.3) is 0 Å². The first kappa shape index (κ1) is 9.73. The fourth-order valence-corrected chi connectivity index (χ4v) is 1.35. The maximum absolute atomic E-state index is 10.9. The summed E-state index contributed by atoms with van der Waals surface area (Å²) in [7, 11) is 0. The summed E-state index contributed by atoms with van der Waals surface area (Å²) in [6.07, 6.45) is 3.46. The van der Waals surface area contributed by atoms with E-state index in [4.69, 9.17) is 10.2 Å². The van der Waals surface area contributed by atoms with Gasteiger partial charge in [0.15, 0.2) is 5.43 Å². The molecule has 0 aromatic carbocycles. The molecular formula is C11H12N2O2. The third-order valence-corrected chi connectivity index (χ3v) is 2.12. The van der Waals surface area contributed by atoms with E-state index in [-0.39, 0.29) is 5.43 Å². The fourth-order valence-electron chi connectivity index (χ4n) is 1.35. The summed E-state index contributed by atoms with van der Waals surface area (Å²) < 4.78 is 7.32. The van der Waals surface area contributed by atoms with Gasteiger partial charge in [-0.25, -0.2) is 0 Å². The molecule has 0 saturated carbocycles. The number of hydrogen-bond donors (Lipinski definition) is 1. The molecule has 15 heavy (non-hydrogen) atoms. The summed E-state index contributed by atoms with van der Waals surface area (Å²) >= 11 is 0. The molecule has 0 amide bonds. The van der Waals surface area contributed by atoms with Crippen molar-refractivity contribution in [3.05, 3.63) is 58.4 Å². The lowest BCUT2D eigenvalue weighted by molar-refractivity contribution is 0.454. The summed E-state index contributed by atoms with van der Waals surface area (Å²) in [5.74, 6) is 1.60. The molecule has 0 unspecified atom stereocenters. The molecule has 0 aliphatic carbocycles. The van der Waals surface area contributed by atoms with Gasteiger partial charge >= 0.3 is 0 Å². The minimum atomic E-state index is 0.00772. The van der Waals surface area contributed by atoms with Gasteiger partial charge in [-0.2, -0.15) is 0 Å². The van der Waals surface area contributed by atoms with E-state index in [1.165, 1.54) is 12.1 Å². The maximum Gasteiger partial charge on any atom is 0.181 e. The molecule has 0 aliphatic rings. The summed E-state index contributed by atoms with van der Waals surface area (Å²) in [5, 5.41) is 0. The largest absolute Gasteiger partial charge is 0.463 e. The monoisotopic (exact) mass is 204 g/mol. The number of hydrogen-bond acceptors (Lipinski definition) is 3. The maximum atomic E-state index is 10.9. The van der Waals surface area contributed by atoms with Crippen LogP contribution in [0.15, 0.2) is 45.9 Å². The van der Waals surface area contributed by atoms with Gasteiger partial charge in [0, 0.05) is 24.5 Å². The van der Waals surface area contributed by atoms with Gasteiger partial charge in [0.1, 0.15) is 11.5 Å². The summed E-state index contributed by atoms with van der Waals surface area (Å²) in [6, 6.07) is 6.79. The number of pyridine rings is 1. The Morgan fingerprint density at radius 1 is 1.13 bits per heavy atom. The average molecular weight is 204 g/mol. The Hall–Kier alpha value is -1.81. The highest BCUT2D eigenvalue weighted by atomic mass is 16.3. The van der Waals surface area contributed by atoms with Crippen molar-refractivity contribution in [2.24, 2.45) is 5.73 Å². The van der Waals surface area contributed by atoms with Crippen molar-refractivity contribution in [3.63, 3.8) is 0 Å². The molecule has 4 heteroatoms. The van der Waals surface area contributed by atoms with E-state index in [2.05, 4.69) is 0 Å². The Balaban J connectivity index is 2.14. The number of furan rings is 1. The third-order valence-electron chi connectivity index (χ3n) is 2.12. The second kappa shape index (κ2) is 4.14. The van der Waals surface area contributed by atoms with Gasteiger partial charge in [-0.1, -0.05) is 0 Å². The van der Waals surface area contributed by atoms with Gasteiger partial charge in [-0.3, -0.25) is 4.79 Å². The fraction of sp³-hybridized carbons (Fsp3) is 0.182. The quantitative estimate of drug-likeness (QED) is 0.809. The highest BCUT2D eigenvalue weighted by Crippen LogP contribution is 2.08. The molecule has 4 nitrogen and oxygen atoms in total. The van der Waals surface area contributed by atoms with Crippen LogP contribution in [0.5, 0.6) is 0 Å². The molecule has 2 aromatic heterocycles. The summed E-state index contributed by atoms with van der Waals surface area (Å²) in [4.78, 5) is 10.9. The first-order valence-electron chi connectivity index (χ1n) is 4.72. The molecule has 0 atom stereocenters. The molecule has 0 bridgehead atoms. The number of aromatic nitrogens is 1. The van der Waals surface area contributed by atoms with Crippen LogP contribution >= 0.6 is 0 Å². The van der Waals surface area contributed by atoms with Crippen LogP contribution in [-0.2, 0) is 13.1 Å². The molecule has 78 valence electrons. The van der Waals surface area contributed by atoms with E-state index in [1.54, 1.807) is 12.4 Å². The Bertz CT molecular complexity index is 479. The smallest absolute Gasteiger partial charge is 0.181 e. The van der Waals surface area contributed by atoms with E-state index in [0.717, 1.165) is 11.5 Å². The van der Waals surface area contributed by atoms with Crippen molar-refractivity contribution in [2.75, 3.05) is 0 Å². The molecule has 0 saturated heterocycles. The van der Waals surface area contributed by atoms with E-state index in [0.29, 0.717) is 13.1 Å². The van der Waals surface area contributed by atoms with Crippen molar-refractivity contribution in [2.45, 2.75) is 13.1 Å². The van der Waals surface area contributed by atoms with Gasteiger partial charge in [-0.05, 0) is 12.1 Å². The first-order chi connectivity index (χ1) is 7.28. The predicted octanol–water partition coefficient (Wildman–Crippen LogP) is 0.948. The number of nitrogens with zero attached hydrogens (tertiary/aromatic N) is 1. The van der Waals surface area contributed by atoms with Gasteiger partial charge in [0.05, 0.1) is 13.1 Å². The van der Waals surface area contributed by atoms with Crippen LogP contribution < -0.4 is 11.2 Å². The van der Waals surface area contributed by atoms with Crippen LogP contribution in [-0.4, -0.2) is 4.57 Å². The van der Waals surface area contributed by atoms with E-state index in [9.17, 15) is 4.79 Å². The molecule has 2 heterocycles. The molecule has 0 fully saturated rings. The Morgan fingerprint density at radius 2 is 1.80 bits per heavy atom. The summed E-state index contributed by atoms with van der Waals surface area (Å²) in [5.41, 5.74) is 5.44. The molecule has 2 rings (SSSR count). The topological polar surface area (TPSA) is 61.2 Å². The van der Waals surface area contributed by atoms with Gasteiger partial charge < -0.3 is 14.7 Å². The second-order valence-corrected chi connectivity index (χ2v) is 3.28. The number of rotatable bonds is 3. The predicted molar refractivity (Wildman–Crippen MR) is 56.4 cm³/mol. The average Bonchev–Trinajstić information content (AvgIpc) is 2.69. The highest BCUT2D eigenvalue weighted by molar-refractivity contribution is 5.08. The zero-order valence-corrected chi connectivity index (χ0v) is 8.22. The molecular weight excluding hydrogens is 192 g/mol.